The van der Waals surface area contributed by atoms with Gasteiger partial charge >= 0.3 is 0 Å². The summed E-state index contributed by atoms with van der Waals surface area (Å²) in [6.07, 6.45) is 4.39. The lowest BCUT2D eigenvalue weighted by Gasteiger charge is -2.18. The monoisotopic (exact) mass is 364 g/mol. The molecule has 1 saturated carbocycles. The fourth-order valence-corrected chi connectivity index (χ4v) is 3.55. The molecule has 1 aromatic carbocycles. The molecule has 6 nitrogen and oxygen atoms in total. The Morgan fingerprint density at radius 2 is 2.15 bits per heavy atom. The predicted octanol–water partition coefficient (Wildman–Crippen LogP) is 2.89. The molecule has 0 saturated heterocycles. The van der Waals surface area contributed by atoms with Crippen molar-refractivity contribution in [3.8, 4) is 0 Å². The molecule has 1 amide bonds. The van der Waals surface area contributed by atoms with Gasteiger partial charge in [0.1, 0.15) is 12.4 Å². The van der Waals surface area contributed by atoms with Crippen LogP contribution in [0.1, 0.15) is 42.4 Å². The zero-order chi connectivity index (χ0) is 18.8. The van der Waals surface area contributed by atoms with Crippen molar-refractivity contribution >= 4 is 16.9 Å². The average molecular weight is 364 g/mol. The molecule has 3 aromatic rings. The minimum atomic E-state index is -0.145. The molecular formula is C21H24N4O2. The van der Waals surface area contributed by atoms with Gasteiger partial charge < -0.3 is 15.0 Å². The second-order valence-electron chi connectivity index (χ2n) is 7.22. The summed E-state index contributed by atoms with van der Waals surface area (Å²) in [5.74, 6) is 1.06. The Morgan fingerprint density at radius 1 is 1.33 bits per heavy atom. The molecular weight excluding hydrogens is 340 g/mol. The van der Waals surface area contributed by atoms with Crippen LogP contribution >= 0.6 is 0 Å². The van der Waals surface area contributed by atoms with E-state index >= 15 is 0 Å². The average Bonchev–Trinajstić information content (AvgIpc) is 3.45. The molecule has 2 aromatic heterocycles. The highest BCUT2D eigenvalue weighted by Crippen LogP contribution is 2.40. The molecule has 1 atom stereocenters. The van der Waals surface area contributed by atoms with E-state index in [2.05, 4.69) is 21.4 Å². The van der Waals surface area contributed by atoms with Gasteiger partial charge in [0.15, 0.2) is 0 Å². The zero-order valence-electron chi connectivity index (χ0n) is 15.4. The van der Waals surface area contributed by atoms with Crippen molar-refractivity contribution in [3.05, 3.63) is 59.7 Å². The van der Waals surface area contributed by atoms with Gasteiger partial charge in [-0.25, -0.2) is 4.98 Å². The largest absolute Gasteiger partial charge is 0.388 e. The molecule has 2 N–H and O–H groups in total. The number of amides is 1. The number of para-hydroxylation sites is 2. The molecule has 1 aliphatic carbocycles. The van der Waals surface area contributed by atoms with Gasteiger partial charge in [-0.1, -0.05) is 12.1 Å². The summed E-state index contributed by atoms with van der Waals surface area (Å²) < 4.78 is 1.92. The molecule has 6 heteroatoms. The van der Waals surface area contributed by atoms with Crippen molar-refractivity contribution in [1.82, 2.24) is 19.9 Å². The first-order valence-corrected chi connectivity index (χ1v) is 9.42. The van der Waals surface area contributed by atoms with Gasteiger partial charge in [0.05, 0.1) is 22.8 Å². The molecule has 0 radical (unpaired) electrons. The van der Waals surface area contributed by atoms with E-state index in [-0.39, 0.29) is 18.6 Å². The third-order valence-corrected chi connectivity index (χ3v) is 5.10. The second kappa shape index (κ2) is 7.48. The van der Waals surface area contributed by atoms with Gasteiger partial charge in [0, 0.05) is 19.2 Å². The fraction of sp³-hybridized carbons (Fsp3) is 0.381. The van der Waals surface area contributed by atoms with Crippen LogP contribution in [0.4, 0.5) is 0 Å². The number of pyridine rings is 1. The summed E-state index contributed by atoms with van der Waals surface area (Å²) in [5, 5.41) is 12.8. The van der Waals surface area contributed by atoms with Gasteiger partial charge in [0.25, 0.3) is 0 Å². The van der Waals surface area contributed by atoms with E-state index in [9.17, 15) is 9.90 Å². The van der Waals surface area contributed by atoms with Gasteiger partial charge in [-0.3, -0.25) is 9.78 Å². The smallest absolute Gasteiger partial charge is 0.222 e. The summed E-state index contributed by atoms with van der Waals surface area (Å²) in [6.45, 7) is 2.38. The number of hydrogen-bond donors (Lipinski definition) is 2. The molecule has 0 unspecified atom stereocenters. The van der Waals surface area contributed by atoms with Crippen molar-refractivity contribution in [2.75, 3.05) is 0 Å². The topological polar surface area (TPSA) is 80.0 Å². The molecule has 1 aliphatic rings. The van der Waals surface area contributed by atoms with Crippen LogP contribution in [0.2, 0.25) is 0 Å². The Labute approximate surface area is 158 Å². The van der Waals surface area contributed by atoms with Gasteiger partial charge in [0.2, 0.25) is 5.91 Å². The maximum Gasteiger partial charge on any atom is 0.222 e. The molecule has 4 rings (SSSR count). The summed E-state index contributed by atoms with van der Waals surface area (Å²) in [6, 6.07) is 11.7. The standard InChI is InChI=1S/C21H24N4O2/c1-14-8-10-22-17(12-14)21(15-6-7-15)24-20(27)9-11-25-18-5-3-2-4-16(18)23-19(25)13-26/h2-5,8,10,12,15,21,26H,6-7,9,11,13H2,1H3,(H,24,27)/t21-/m0/s1. The van der Waals surface area contributed by atoms with Gasteiger partial charge in [-0.05, 0) is 55.5 Å². The van der Waals surface area contributed by atoms with E-state index in [0.29, 0.717) is 24.7 Å². The highest BCUT2D eigenvalue weighted by atomic mass is 16.3. The minimum Gasteiger partial charge on any atom is -0.388 e. The molecule has 0 spiro atoms. The predicted molar refractivity (Wildman–Crippen MR) is 103 cm³/mol. The minimum absolute atomic E-state index is 0.00289. The maximum atomic E-state index is 12.6. The van der Waals surface area contributed by atoms with Crippen LogP contribution in [0.5, 0.6) is 0 Å². The van der Waals surface area contributed by atoms with Gasteiger partial charge in [-0.2, -0.15) is 0 Å². The molecule has 0 aliphatic heterocycles. The molecule has 2 heterocycles. The van der Waals surface area contributed by atoms with E-state index in [1.807, 2.05) is 41.8 Å². The Bertz CT molecular complexity index is 962. The van der Waals surface area contributed by atoms with Crippen molar-refractivity contribution in [2.45, 2.75) is 45.4 Å². The number of aromatic nitrogens is 3. The van der Waals surface area contributed by atoms with Crippen molar-refractivity contribution in [3.63, 3.8) is 0 Å². The molecule has 1 fully saturated rings. The number of aryl methyl sites for hydroxylation is 2. The highest BCUT2D eigenvalue weighted by Gasteiger charge is 2.34. The first kappa shape index (κ1) is 17.7. The lowest BCUT2D eigenvalue weighted by atomic mass is 10.1. The van der Waals surface area contributed by atoms with E-state index in [1.165, 1.54) is 0 Å². The molecule has 27 heavy (non-hydrogen) atoms. The van der Waals surface area contributed by atoms with Crippen molar-refractivity contribution in [2.24, 2.45) is 5.92 Å². The van der Waals surface area contributed by atoms with Crippen LogP contribution in [0.25, 0.3) is 11.0 Å². The Hall–Kier alpha value is -2.73. The summed E-state index contributed by atoms with van der Waals surface area (Å²) >= 11 is 0. The van der Waals surface area contributed by atoms with Crippen LogP contribution in [0.15, 0.2) is 42.6 Å². The summed E-state index contributed by atoms with van der Waals surface area (Å²) in [7, 11) is 0. The first-order chi connectivity index (χ1) is 13.2. The SMILES string of the molecule is Cc1ccnc([C@@H](NC(=O)CCn2c(CO)nc3ccccc32)C2CC2)c1. The fourth-order valence-electron chi connectivity index (χ4n) is 3.55. The van der Waals surface area contributed by atoms with E-state index in [1.54, 1.807) is 6.20 Å². The van der Waals surface area contributed by atoms with E-state index < -0.39 is 0 Å². The van der Waals surface area contributed by atoms with Gasteiger partial charge in [-0.15, -0.1) is 0 Å². The maximum absolute atomic E-state index is 12.6. The summed E-state index contributed by atoms with van der Waals surface area (Å²) in [4.78, 5) is 21.5. The van der Waals surface area contributed by atoms with Crippen LogP contribution in [0, 0.1) is 12.8 Å². The number of benzene rings is 1. The third-order valence-electron chi connectivity index (χ3n) is 5.10. The molecule has 140 valence electrons. The quantitative estimate of drug-likeness (QED) is 0.676. The number of carbonyl (C=O) groups excluding carboxylic acids is 1. The number of carbonyl (C=O) groups is 1. The van der Waals surface area contributed by atoms with Crippen LogP contribution in [-0.2, 0) is 17.9 Å². The lowest BCUT2D eigenvalue weighted by Crippen LogP contribution is -2.31. The number of nitrogens with zero attached hydrogens (tertiary/aromatic N) is 3. The number of rotatable bonds is 7. The van der Waals surface area contributed by atoms with Crippen molar-refractivity contribution in [1.29, 1.82) is 0 Å². The van der Waals surface area contributed by atoms with E-state index in [0.717, 1.165) is 35.1 Å². The second-order valence-corrected chi connectivity index (χ2v) is 7.22. The molecule has 0 bridgehead atoms. The number of aliphatic hydroxyl groups is 1. The third kappa shape index (κ3) is 3.85. The Balaban J connectivity index is 1.46. The normalized spacial score (nSPS) is 15.0. The van der Waals surface area contributed by atoms with Crippen LogP contribution < -0.4 is 5.32 Å². The Kier molecular flexibility index (Phi) is 4.90. The number of fused-ring (bicyclic) bond motifs is 1. The summed E-state index contributed by atoms with van der Waals surface area (Å²) in [5.41, 5.74) is 3.86. The first-order valence-electron chi connectivity index (χ1n) is 9.42. The van der Waals surface area contributed by atoms with Crippen LogP contribution in [0.3, 0.4) is 0 Å². The van der Waals surface area contributed by atoms with E-state index in [4.69, 9.17) is 0 Å². The lowest BCUT2D eigenvalue weighted by molar-refractivity contribution is -0.122. The highest BCUT2D eigenvalue weighted by molar-refractivity contribution is 5.78. The number of hydrogen-bond acceptors (Lipinski definition) is 4. The Morgan fingerprint density at radius 3 is 2.89 bits per heavy atom. The number of imidazole rings is 1. The van der Waals surface area contributed by atoms with Crippen LogP contribution in [-0.4, -0.2) is 25.5 Å². The van der Waals surface area contributed by atoms with Crippen molar-refractivity contribution < 1.29 is 9.90 Å². The number of aliphatic hydroxyl groups excluding tert-OH is 1. The number of nitrogens with one attached hydrogen (secondary N) is 1. The zero-order valence-corrected chi connectivity index (χ0v) is 15.4.